The third kappa shape index (κ3) is 1.45. The van der Waals surface area contributed by atoms with Gasteiger partial charge in [0.15, 0.2) is 0 Å². The number of hydrogen-bond acceptors (Lipinski definition) is 2. The summed E-state index contributed by atoms with van der Waals surface area (Å²) in [5.41, 5.74) is 7.12. The maximum atomic E-state index is 10.2. The Morgan fingerprint density at radius 1 is 1.17 bits per heavy atom. The van der Waals surface area contributed by atoms with Gasteiger partial charge in [-0.05, 0) is 40.6 Å². The predicted octanol–water partition coefficient (Wildman–Crippen LogP) is 3.24. The van der Waals surface area contributed by atoms with Crippen LogP contribution in [0.5, 0.6) is 5.75 Å². The molecule has 2 aromatic rings. The number of fused-ring (bicyclic) bond motifs is 1. The van der Waals surface area contributed by atoms with Crippen LogP contribution in [0.15, 0.2) is 36.4 Å². The maximum absolute atomic E-state index is 10.2. The molecular weight excluding hydrogens is 222 g/mol. The third-order valence-electron chi connectivity index (χ3n) is 4.56. The van der Waals surface area contributed by atoms with Crippen LogP contribution in [-0.2, 0) is 0 Å². The van der Waals surface area contributed by atoms with E-state index in [4.69, 9.17) is 5.73 Å². The van der Waals surface area contributed by atoms with Crippen LogP contribution >= 0.6 is 0 Å². The minimum Gasteiger partial charge on any atom is -0.508 e. The Kier molecular flexibility index (Phi) is 2.39. The van der Waals surface area contributed by atoms with E-state index in [9.17, 15) is 5.11 Å². The zero-order valence-corrected chi connectivity index (χ0v) is 10.9. The smallest absolute Gasteiger partial charge is 0.119 e. The Labute approximate surface area is 107 Å². The highest BCUT2D eigenvalue weighted by Gasteiger charge is 2.58. The summed E-state index contributed by atoms with van der Waals surface area (Å²) >= 11 is 0. The molecule has 3 rings (SSSR count). The van der Waals surface area contributed by atoms with Crippen molar-refractivity contribution in [3.8, 4) is 5.75 Å². The van der Waals surface area contributed by atoms with E-state index in [2.05, 4.69) is 26.0 Å². The Balaban J connectivity index is 2.21. The van der Waals surface area contributed by atoms with Gasteiger partial charge in [0, 0.05) is 5.56 Å². The number of aromatic hydroxyl groups is 1. The molecule has 0 aliphatic heterocycles. The van der Waals surface area contributed by atoms with E-state index in [1.165, 1.54) is 5.39 Å². The minimum atomic E-state index is 0.191. The number of benzene rings is 2. The van der Waals surface area contributed by atoms with Crippen LogP contribution in [0.1, 0.15) is 25.3 Å². The molecule has 2 nitrogen and oxygen atoms in total. The molecule has 2 heteroatoms. The highest BCUT2D eigenvalue weighted by atomic mass is 16.3. The van der Waals surface area contributed by atoms with Gasteiger partial charge in [-0.3, -0.25) is 0 Å². The lowest BCUT2D eigenvalue weighted by molar-refractivity contribution is 0.465. The number of nitrogens with two attached hydrogens (primary N) is 1. The van der Waals surface area contributed by atoms with E-state index in [1.807, 2.05) is 18.2 Å². The van der Waals surface area contributed by atoms with Crippen molar-refractivity contribution in [3.05, 3.63) is 42.0 Å². The first-order valence-electron chi connectivity index (χ1n) is 6.48. The fraction of sp³-hybridized carbons (Fsp3) is 0.375. The average molecular weight is 241 g/mol. The van der Waals surface area contributed by atoms with E-state index in [0.717, 1.165) is 10.9 Å². The third-order valence-corrected chi connectivity index (χ3v) is 4.56. The molecule has 0 spiro atoms. The number of phenolic OH excluding ortho intramolecular Hbond substituents is 1. The molecule has 2 atom stereocenters. The first-order chi connectivity index (χ1) is 8.57. The summed E-state index contributed by atoms with van der Waals surface area (Å²) in [6.45, 7) is 5.15. The van der Waals surface area contributed by atoms with Crippen LogP contribution in [0, 0.1) is 11.3 Å². The van der Waals surface area contributed by atoms with Crippen molar-refractivity contribution in [2.45, 2.75) is 19.8 Å². The molecule has 94 valence electrons. The van der Waals surface area contributed by atoms with Crippen molar-refractivity contribution in [1.82, 2.24) is 0 Å². The summed E-state index contributed by atoms with van der Waals surface area (Å²) < 4.78 is 0. The quantitative estimate of drug-likeness (QED) is 0.847. The van der Waals surface area contributed by atoms with Crippen LogP contribution in [0.4, 0.5) is 0 Å². The molecule has 1 aliphatic carbocycles. The second kappa shape index (κ2) is 3.72. The molecule has 1 aliphatic rings. The molecule has 3 N–H and O–H groups in total. The second-order valence-electron chi connectivity index (χ2n) is 5.86. The summed E-state index contributed by atoms with van der Waals surface area (Å²) in [6, 6.07) is 12.0. The van der Waals surface area contributed by atoms with Crippen molar-refractivity contribution in [1.29, 1.82) is 0 Å². The Morgan fingerprint density at radius 2 is 1.89 bits per heavy atom. The molecule has 0 amide bonds. The molecule has 2 aromatic carbocycles. The van der Waals surface area contributed by atoms with E-state index in [0.29, 0.717) is 24.1 Å². The average Bonchev–Trinajstić information content (AvgIpc) is 2.90. The predicted molar refractivity (Wildman–Crippen MR) is 74.7 cm³/mol. The largest absolute Gasteiger partial charge is 0.508 e. The molecule has 18 heavy (non-hydrogen) atoms. The molecule has 0 unspecified atom stereocenters. The summed E-state index contributed by atoms with van der Waals surface area (Å²) in [5, 5.41) is 12.6. The van der Waals surface area contributed by atoms with Gasteiger partial charge in [0.1, 0.15) is 5.75 Å². The highest BCUT2D eigenvalue weighted by Crippen LogP contribution is 2.66. The first kappa shape index (κ1) is 11.5. The van der Waals surface area contributed by atoms with E-state index in [-0.39, 0.29) is 5.41 Å². The lowest BCUT2D eigenvalue weighted by Crippen LogP contribution is -2.05. The van der Waals surface area contributed by atoms with Gasteiger partial charge < -0.3 is 10.8 Å². The minimum absolute atomic E-state index is 0.191. The summed E-state index contributed by atoms with van der Waals surface area (Å²) in [6.07, 6.45) is 0. The van der Waals surface area contributed by atoms with E-state index >= 15 is 0 Å². The SMILES string of the molecule is CC1(C)[C@H](CN)[C@H]1c1c(O)ccc2ccccc12. The van der Waals surface area contributed by atoms with E-state index < -0.39 is 0 Å². The zero-order chi connectivity index (χ0) is 12.9. The fourth-order valence-electron chi connectivity index (χ4n) is 3.37. The molecule has 0 bridgehead atoms. The molecule has 0 saturated heterocycles. The molecule has 0 radical (unpaired) electrons. The highest BCUT2D eigenvalue weighted by molar-refractivity contribution is 5.88. The number of phenols is 1. The van der Waals surface area contributed by atoms with Crippen molar-refractivity contribution >= 4 is 10.8 Å². The van der Waals surface area contributed by atoms with Gasteiger partial charge in [0.05, 0.1) is 0 Å². The monoisotopic (exact) mass is 241 g/mol. The van der Waals surface area contributed by atoms with Crippen LogP contribution < -0.4 is 5.73 Å². The van der Waals surface area contributed by atoms with Crippen molar-refractivity contribution < 1.29 is 5.11 Å². The first-order valence-corrected chi connectivity index (χ1v) is 6.48. The Bertz CT molecular complexity index is 603. The Hall–Kier alpha value is -1.54. The van der Waals surface area contributed by atoms with Crippen LogP contribution in [-0.4, -0.2) is 11.7 Å². The molecule has 1 fully saturated rings. The number of hydrogen-bond donors (Lipinski definition) is 2. The van der Waals surface area contributed by atoms with Crippen molar-refractivity contribution in [3.63, 3.8) is 0 Å². The van der Waals surface area contributed by atoms with Gasteiger partial charge in [-0.25, -0.2) is 0 Å². The lowest BCUT2D eigenvalue weighted by Gasteiger charge is -2.10. The Morgan fingerprint density at radius 3 is 2.56 bits per heavy atom. The van der Waals surface area contributed by atoms with Gasteiger partial charge in [-0.15, -0.1) is 0 Å². The lowest BCUT2D eigenvalue weighted by atomic mass is 9.96. The van der Waals surface area contributed by atoms with Crippen LogP contribution in [0.25, 0.3) is 10.8 Å². The number of rotatable bonds is 2. The molecule has 1 saturated carbocycles. The second-order valence-corrected chi connectivity index (χ2v) is 5.86. The van der Waals surface area contributed by atoms with Gasteiger partial charge in [0.2, 0.25) is 0 Å². The summed E-state index contributed by atoms with van der Waals surface area (Å²) in [7, 11) is 0. The van der Waals surface area contributed by atoms with Crippen molar-refractivity contribution in [2.75, 3.05) is 6.54 Å². The summed E-state index contributed by atoms with van der Waals surface area (Å²) in [4.78, 5) is 0. The summed E-state index contributed by atoms with van der Waals surface area (Å²) in [5.74, 6) is 1.24. The van der Waals surface area contributed by atoms with Gasteiger partial charge in [-0.2, -0.15) is 0 Å². The topological polar surface area (TPSA) is 46.2 Å². The normalized spacial score (nSPS) is 25.3. The van der Waals surface area contributed by atoms with E-state index in [1.54, 1.807) is 6.07 Å². The fourth-order valence-corrected chi connectivity index (χ4v) is 3.37. The van der Waals surface area contributed by atoms with Crippen molar-refractivity contribution in [2.24, 2.45) is 17.1 Å². The maximum Gasteiger partial charge on any atom is 0.119 e. The zero-order valence-electron chi connectivity index (χ0n) is 10.9. The molecule has 0 heterocycles. The van der Waals surface area contributed by atoms with Crippen LogP contribution in [0.2, 0.25) is 0 Å². The molecule has 0 aromatic heterocycles. The van der Waals surface area contributed by atoms with Crippen LogP contribution in [0.3, 0.4) is 0 Å². The molecular formula is C16H19NO. The standard InChI is InChI=1S/C16H19NO/c1-16(2)12(9-17)15(16)14-11-6-4-3-5-10(11)7-8-13(14)18/h3-8,12,15,18H,9,17H2,1-2H3/t12-,15+/m1/s1. The van der Waals surface area contributed by atoms with Gasteiger partial charge in [-0.1, -0.05) is 44.2 Å². The van der Waals surface area contributed by atoms with Gasteiger partial charge >= 0.3 is 0 Å². The van der Waals surface area contributed by atoms with Gasteiger partial charge in [0.25, 0.3) is 0 Å².